The van der Waals surface area contributed by atoms with Crippen molar-refractivity contribution in [3.63, 3.8) is 0 Å². The molecule has 0 aromatic heterocycles. The number of hydroxylamine groups is 1. The first-order valence-electron chi connectivity index (χ1n) is 10.5. The Labute approximate surface area is 189 Å². The number of amides is 1. The number of carbonyl (C=O) groups excluding carboxylic acids is 2. The molecule has 178 valence electrons. The van der Waals surface area contributed by atoms with Gasteiger partial charge in [-0.15, -0.1) is 0 Å². The Hall–Kier alpha value is -3.43. The maximum atomic E-state index is 13.4. The van der Waals surface area contributed by atoms with Crippen LogP contribution in [0, 0.1) is 0 Å². The standard InChI is InChI=1S/C23H25F3N2O5/c1-3-17-13-19(27-21(29)32-14-15-8-6-5-7-9-15)18-12-16(23(24,25)26)10-11-20(18)28(17)33-22(30)31-4-2/h5-12,17,19H,3-4,13-14H2,1-2H3,(H,27,29)/t17-,19+/m1/s1. The van der Waals surface area contributed by atoms with Crippen molar-refractivity contribution >= 4 is 17.9 Å². The van der Waals surface area contributed by atoms with Gasteiger partial charge in [0.15, 0.2) is 0 Å². The molecule has 0 fully saturated rings. The predicted octanol–water partition coefficient (Wildman–Crippen LogP) is 5.75. The van der Waals surface area contributed by atoms with Crippen LogP contribution in [-0.4, -0.2) is 24.9 Å². The van der Waals surface area contributed by atoms with E-state index in [0.29, 0.717) is 6.42 Å². The molecule has 1 N–H and O–H groups in total. The number of hydrogen-bond acceptors (Lipinski definition) is 6. The highest BCUT2D eigenvalue weighted by Crippen LogP contribution is 2.42. The summed E-state index contributed by atoms with van der Waals surface area (Å²) in [5.74, 6) is 0. The van der Waals surface area contributed by atoms with E-state index in [1.807, 2.05) is 13.0 Å². The van der Waals surface area contributed by atoms with Gasteiger partial charge in [-0.25, -0.2) is 9.59 Å². The Kier molecular flexibility index (Phi) is 7.67. The van der Waals surface area contributed by atoms with Gasteiger partial charge in [0.1, 0.15) is 6.61 Å². The van der Waals surface area contributed by atoms with Gasteiger partial charge in [-0.2, -0.15) is 18.2 Å². The van der Waals surface area contributed by atoms with Gasteiger partial charge in [0.25, 0.3) is 0 Å². The summed E-state index contributed by atoms with van der Waals surface area (Å²) < 4.78 is 50.2. The number of alkyl carbamates (subject to hydrolysis) is 1. The molecule has 1 heterocycles. The van der Waals surface area contributed by atoms with Gasteiger partial charge >= 0.3 is 18.4 Å². The average molecular weight is 466 g/mol. The van der Waals surface area contributed by atoms with Crippen LogP contribution in [0.1, 0.15) is 49.4 Å². The van der Waals surface area contributed by atoms with Crippen LogP contribution in [0.5, 0.6) is 0 Å². The summed E-state index contributed by atoms with van der Waals surface area (Å²) in [4.78, 5) is 29.7. The van der Waals surface area contributed by atoms with Crippen molar-refractivity contribution in [2.75, 3.05) is 11.7 Å². The molecule has 0 saturated carbocycles. The Morgan fingerprint density at radius 2 is 1.82 bits per heavy atom. The van der Waals surface area contributed by atoms with Crippen molar-refractivity contribution in [1.29, 1.82) is 0 Å². The van der Waals surface area contributed by atoms with E-state index in [4.69, 9.17) is 14.3 Å². The Morgan fingerprint density at radius 3 is 2.45 bits per heavy atom. The minimum Gasteiger partial charge on any atom is -0.445 e. The lowest BCUT2D eigenvalue weighted by atomic mass is 9.90. The van der Waals surface area contributed by atoms with Crippen LogP contribution < -0.4 is 10.4 Å². The van der Waals surface area contributed by atoms with E-state index in [-0.39, 0.29) is 30.9 Å². The fourth-order valence-corrected chi connectivity index (χ4v) is 3.63. The van der Waals surface area contributed by atoms with E-state index in [0.717, 1.165) is 17.7 Å². The maximum absolute atomic E-state index is 13.4. The van der Waals surface area contributed by atoms with Gasteiger partial charge in [0.2, 0.25) is 0 Å². The summed E-state index contributed by atoms with van der Waals surface area (Å²) in [5, 5.41) is 3.91. The molecule has 0 aliphatic carbocycles. The van der Waals surface area contributed by atoms with Crippen LogP contribution in [0.2, 0.25) is 0 Å². The number of nitrogens with zero attached hydrogens (tertiary/aromatic N) is 1. The molecule has 0 unspecified atom stereocenters. The van der Waals surface area contributed by atoms with Crippen molar-refractivity contribution in [3.05, 3.63) is 65.2 Å². The zero-order chi connectivity index (χ0) is 24.0. The first-order valence-corrected chi connectivity index (χ1v) is 10.5. The van der Waals surface area contributed by atoms with Gasteiger partial charge < -0.3 is 19.6 Å². The molecule has 33 heavy (non-hydrogen) atoms. The van der Waals surface area contributed by atoms with Crippen molar-refractivity contribution in [2.45, 2.75) is 51.6 Å². The average Bonchev–Trinajstić information content (AvgIpc) is 2.79. The van der Waals surface area contributed by atoms with E-state index < -0.39 is 36.1 Å². The monoisotopic (exact) mass is 466 g/mol. The third-order valence-electron chi connectivity index (χ3n) is 5.22. The summed E-state index contributed by atoms with van der Waals surface area (Å²) in [7, 11) is 0. The number of carbonyl (C=O) groups is 2. The molecule has 1 aliphatic heterocycles. The molecule has 2 atom stereocenters. The zero-order valence-electron chi connectivity index (χ0n) is 18.2. The molecule has 7 nitrogen and oxygen atoms in total. The molecule has 3 rings (SSSR count). The molecule has 0 saturated heterocycles. The fraction of sp³-hybridized carbons (Fsp3) is 0.391. The number of ether oxygens (including phenoxy) is 2. The zero-order valence-corrected chi connectivity index (χ0v) is 18.2. The van der Waals surface area contributed by atoms with Crippen molar-refractivity contribution in [3.8, 4) is 0 Å². The molecule has 10 heteroatoms. The number of hydrogen-bond donors (Lipinski definition) is 1. The van der Waals surface area contributed by atoms with Crippen LogP contribution in [0.4, 0.5) is 28.4 Å². The normalized spacial score (nSPS) is 17.7. The van der Waals surface area contributed by atoms with E-state index >= 15 is 0 Å². The van der Waals surface area contributed by atoms with E-state index in [1.165, 1.54) is 11.1 Å². The molecule has 1 aliphatic rings. The molecular weight excluding hydrogens is 441 g/mol. The lowest BCUT2D eigenvalue weighted by Crippen LogP contribution is -2.45. The highest BCUT2D eigenvalue weighted by molar-refractivity contribution is 5.70. The lowest BCUT2D eigenvalue weighted by molar-refractivity contribution is -0.137. The summed E-state index contributed by atoms with van der Waals surface area (Å²) in [5.41, 5.74) is 0.297. The van der Waals surface area contributed by atoms with Gasteiger partial charge in [0.05, 0.1) is 29.9 Å². The van der Waals surface area contributed by atoms with Crippen LogP contribution in [0.25, 0.3) is 0 Å². The molecule has 2 aromatic rings. The topological polar surface area (TPSA) is 77.1 Å². The fourth-order valence-electron chi connectivity index (χ4n) is 3.63. The largest absolute Gasteiger partial charge is 0.533 e. The molecule has 0 radical (unpaired) electrons. The molecule has 0 bridgehead atoms. The second-order valence-corrected chi connectivity index (χ2v) is 7.43. The Morgan fingerprint density at radius 1 is 1.09 bits per heavy atom. The van der Waals surface area contributed by atoms with Gasteiger partial charge in [-0.1, -0.05) is 37.3 Å². The number of halogens is 3. The molecular formula is C23H25F3N2O5. The van der Waals surface area contributed by atoms with E-state index in [1.54, 1.807) is 31.2 Å². The number of anilines is 1. The third kappa shape index (κ3) is 6.09. The summed E-state index contributed by atoms with van der Waals surface area (Å²) in [6, 6.07) is 10.9. The number of benzene rings is 2. The van der Waals surface area contributed by atoms with Gasteiger partial charge in [-0.3, -0.25) is 0 Å². The quantitative estimate of drug-likeness (QED) is 0.547. The molecule has 1 amide bonds. The number of alkyl halides is 3. The third-order valence-corrected chi connectivity index (χ3v) is 5.22. The van der Waals surface area contributed by atoms with Crippen molar-refractivity contribution < 1.29 is 37.1 Å². The van der Waals surface area contributed by atoms with Crippen LogP contribution in [-0.2, 0) is 27.1 Å². The van der Waals surface area contributed by atoms with Crippen LogP contribution in [0.3, 0.4) is 0 Å². The minimum absolute atomic E-state index is 0.0180. The number of nitrogens with one attached hydrogen (secondary N) is 1. The molecule has 2 aromatic carbocycles. The maximum Gasteiger partial charge on any atom is 0.533 e. The number of fused-ring (bicyclic) bond motifs is 1. The molecule has 0 spiro atoms. The smallest absolute Gasteiger partial charge is 0.445 e. The summed E-state index contributed by atoms with van der Waals surface area (Å²) >= 11 is 0. The van der Waals surface area contributed by atoms with Crippen LogP contribution in [0.15, 0.2) is 48.5 Å². The van der Waals surface area contributed by atoms with Crippen molar-refractivity contribution in [2.24, 2.45) is 0 Å². The van der Waals surface area contributed by atoms with E-state index in [9.17, 15) is 22.8 Å². The first-order chi connectivity index (χ1) is 15.7. The minimum atomic E-state index is -4.58. The predicted molar refractivity (Wildman–Crippen MR) is 113 cm³/mol. The van der Waals surface area contributed by atoms with Crippen molar-refractivity contribution in [1.82, 2.24) is 5.32 Å². The Bertz CT molecular complexity index is 968. The first kappa shape index (κ1) is 24.2. The highest BCUT2D eigenvalue weighted by atomic mass is 19.4. The second-order valence-electron chi connectivity index (χ2n) is 7.43. The highest BCUT2D eigenvalue weighted by Gasteiger charge is 2.39. The van der Waals surface area contributed by atoms with Gasteiger partial charge in [-0.05, 0) is 43.5 Å². The van der Waals surface area contributed by atoms with Crippen LogP contribution >= 0.6 is 0 Å². The van der Waals surface area contributed by atoms with Gasteiger partial charge in [0, 0.05) is 5.56 Å². The van der Waals surface area contributed by atoms with E-state index in [2.05, 4.69) is 5.32 Å². The lowest BCUT2D eigenvalue weighted by Gasteiger charge is -2.40. The summed E-state index contributed by atoms with van der Waals surface area (Å²) in [6.07, 6.45) is -5.61. The Balaban J connectivity index is 1.86. The summed E-state index contributed by atoms with van der Waals surface area (Å²) in [6.45, 7) is 3.55. The number of rotatable bonds is 6. The SMILES string of the molecule is CCOC(=O)ON1c2ccc(C(F)(F)F)cc2[C@@H](NC(=O)OCc2ccccc2)C[C@H]1CC. The second kappa shape index (κ2) is 10.5.